The molecule has 246 valence electrons. The molecule has 5 rings (SSSR count). The van der Waals surface area contributed by atoms with Crippen molar-refractivity contribution in [3.8, 4) is 0 Å². The van der Waals surface area contributed by atoms with Crippen LogP contribution in [0, 0.1) is 23.6 Å². The van der Waals surface area contributed by atoms with Gasteiger partial charge in [-0.1, -0.05) is 6.07 Å². The molecule has 2 aromatic rings. The lowest BCUT2D eigenvalue weighted by molar-refractivity contribution is -0.139. The number of alkyl halides is 3. The van der Waals surface area contributed by atoms with Gasteiger partial charge in [0.25, 0.3) is 5.91 Å². The lowest BCUT2D eigenvalue weighted by Crippen LogP contribution is -2.50. The minimum atomic E-state index is -4.60. The van der Waals surface area contributed by atoms with Crippen LogP contribution in [0.25, 0.3) is 0 Å². The van der Waals surface area contributed by atoms with Gasteiger partial charge in [-0.25, -0.2) is 4.39 Å². The van der Waals surface area contributed by atoms with E-state index in [0.717, 1.165) is 31.7 Å². The molecule has 2 heterocycles. The van der Waals surface area contributed by atoms with Gasteiger partial charge in [-0.3, -0.25) is 24.0 Å². The molecule has 3 fully saturated rings. The number of hydrogen-bond acceptors (Lipinski definition) is 6. The molecule has 0 spiro atoms. The number of halogens is 4. The van der Waals surface area contributed by atoms with Crippen molar-refractivity contribution in [2.24, 2.45) is 17.8 Å². The Bertz CT molecular complexity index is 1360. The molecule has 2 atom stereocenters. The molecule has 10 nitrogen and oxygen atoms in total. The Kier molecular flexibility index (Phi) is 10.1. The summed E-state index contributed by atoms with van der Waals surface area (Å²) in [5.41, 5.74) is 0.345. The Morgan fingerprint density at radius 2 is 1.69 bits per heavy atom. The first-order valence-electron chi connectivity index (χ1n) is 15.5. The van der Waals surface area contributed by atoms with Crippen LogP contribution in [0.2, 0.25) is 0 Å². The van der Waals surface area contributed by atoms with Gasteiger partial charge in [-0.2, -0.15) is 18.3 Å². The molecule has 2 unspecified atom stereocenters. The van der Waals surface area contributed by atoms with Crippen LogP contribution in [0.3, 0.4) is 0 Å². The average Bonchev–Trinajstić information content (AvgIpc) is 3.94. The van der Waals surface area contributed by atoms with Crippen LogP contribution in [-0.2, 0) is 14.3 Å². The SMILES string of the molecule is CC(C)n1nccc1C(=O)NC(C(=O)Nc1ccc(C(CN2CCOCC2)C(=O)NCC(F)(F)F)cc1F)C(C1CC1)C1CC1. The number of ether oxygens (including phenoxy) is 1. The molecule has 3 amide bonds. The number of carbonyl (C=O) groups excluding carboxylic acids is 3. The number of anilines is 1. The number of hydrogen-bond donors (Lipinski definition) is 3. The van der Waals surface area contributed by atoms with Crippen molar-refractivity contribution >= 4 is 23.4 Å². The molecular weight excluding hydrogens is 596 g/mol. The van der Waals surface area contributed by atoms with Gasteiger partial charge in [-0.05, 0) is 81.0 Å². The zero-order chi connectivity index (χ0) is 32.3. The first-order chi connectivity index (χ1) is 21.4. The number of benzene rings is 1. The van der Waals surface area contributed by atoms with Gasteiger partial charge in [0.1, 0.15) is 24.1 Å². The maximum Gasteiger partial charge on any atom is 0.405 e. The standard InChI is InChI=1S/C31H40F4N6O4/c1-18(2)41-25(9-10-37-41)29(43)39-27(26(19-3-4-19)20-5-6-20)30(44)38-24-8-7-21(15-23(24)32)22(16-40-11-13-45-14-12-40)28(42)36-17-31(33,34)35/h7-10,15,18-20,22,26-27H,3-6,11-14,16-17H2,1-2H3,(H,36,42)(H,38,44)(H,39,43). The van der Waals surface area contributed by atoms with Crippen LogP contribution in [0.4, 0.5) is 23.2 Å². The summed E-state index contributed by atoms with van der Waals surface area (Å²) in [6.07, 6.45) is 0.737. The number of amides is 3. The van der Waals surface area contributed by atoms with E-state index in [2.05, 4.69) is 15.7 Å². The highest BCUT2D eigenvalue weighted by Crippen LogP contribution is 2.51. The lowest BCUT2D eigenvalue weighted by atomic mass is 9.88. The number of rotatable bonds is 13. The predicted octanol–water partition coefficient (Wildman–Crippen LogP) is 3.87. The molecule has 1 aromatic carbocycles. The van der Waals surface area contributed by atoms with Crippen molar-refractivity contribution in [2.45, 2.75) is 63.7 Å². The molecule has 0 bridgehead atoms. The summed E-state index contributed by atoms with van der Waals surface area (Å²) in [5, 5.41) is 11.7. The maximum atomic E-state index is 15.6. The summed E-state index contributed by atoms with van der Waals surface area (Å²) in [6, 6.07) is 4.42. The van der Waals surface area contributed by atoms with Crippen LogP contribution < -0.4 is 16.0 Å². The van der Waals surface area contributed by atoms with Crippen LogP contribution in [0.5, 0.6) is 0 Å². The van der Waals surface area contributed by atoms with E-state index in [9.17, 15) is 27.6 Å². The van der Waals surface area contributed by atoms with Crippen LogP contribution in [0.1, 0.15) is 67.5 Å². The minimum Gasteiger partial charge on any atom is -0.379 e. The zero-order valence-electron chi connectivity index (χ0n) is 25.4. The smallest absolute Gasteiger partial charge is 0.379 e. The Morgan fingerprint density at radius 1 is 1.02 bits per heavy atom. The van der Waals surface area contributed by atoms with Crippen molar-refractivity contribution < 1.29 is 36.7 Å². The summed E-state index contributed by atoms with van der Waals surface area (Å²) in [5.74, 6) is -3.33. The Hall–Kier alpha value is -3.52. The average molecular weight is 637 g/mol. The Morgan fingerprint density at radius 3 is 2.27 bits per heavy atom. The van der Waals surface area contributed by atoms with E-state index in [-0.39, 0.29) is 41.6 Å². The third-order valence-corrected chi connectivity index (χ3v) is 8.66. The highest BCUT2D eigenvalue weighted by Gasteiger charge is 2.48. The second kappa shape index (κ2) is 13.9. The molecular formula is C31H40F4N6O4. The molecule has 14 heteroatoms. The molecule has 2 saturated carbocycles. The van der Waals surface area contributed by atoms with Crippen molar-refractivity contribution in [1.82, 2.24) is 25.3 Å². The summed E-state index contributed by atoms with van der Waals surface area (Å²) in [4.78, 5) is 41.9. The summed E-state index contributed by atoms with van der Waals surface area (Å²) < 4.78 is 61.0. The van der Waals surface area contributed by atoms with Crippen molar-refractivity contribution in [2.75, 3.05) is 44.7 Å². The first kappa shape index (κ1) is 32.9. The van der Waals surface area contributed by atoms with Gasteiger partial charge in [0.2, 0.25) is 11.8 Å². The molecule has 3 N–H and O–H groups in total. The molecule has 0 radical (unpaired) electrons. The molecule has 1 aliphatic heterocycles. The molecule has 2 aliphatic carbocycles. The van der Waals surface area contributed by atoms with Crippen molar-refractivity contribution in [1.29, 1.82) is 0 Å². The van der Waals surface area contributed by atoms with Gasteiger partial charge >= 0.3 is 6.18 Å². The number of aromatic nitrogens is 2. The van der Waals surface area contributed by atoms with Crippen LogP contribution in [-0.4, -0.2) is 84.0 Å². The fourth-order valence-electron chi connectivity index (χ4n) is 6.10. The van der Waals surface area contributed by atoms with Crippen molar-refractivity contribution in [3.63, 3.8) is 0 Å². The predicted molar refractivity (Wildman–Crippen MR) is 157 cm³/mol. The summed E-state index contributed by atoms with van der Waals surface area (Å²) in [6.45, 7) is 4.14. The molecule has 3 aliphatic rings. The normalized spacial score (nSPS) is 18.9. The van der Waals surface area contributed by atoms with E-state index in [1.54, 1.807) is 10.7 Å². The Balaban J connectivity index is 1.35. The number of morpholine rings is 1. The molecule has 1 aromatic heterocycles. The van der Waals surface area contributed by atoms with Crippen LogP contribution >= 0.6 is 0 Å². The van der Waals surface area contributed by atoms with Crippen molar-refractivity contribution in [3.05, 3.63) is 47.5 Å². The second-order valence-corrected chi connectivity index (χ2v) is 12.5. The fourth-order valence-corrected chi connectivity index (χ4v) is 6.10. The monoisotopic (exact) mass is 636 g/mol. The third-order valence-electron chi connectivity index (χ3n) is 8.66. The number of carbonyl (C=O) groups is 3. The topological polar surface area (TPSA) is 118 Å². The minimum absolute atomic E-state index is 0.0731. The Labute approximate surface area is 259 Å². The molecule has 45 heavy (non-hydrogen) atoms. The third kappa shape index (κ3) is 8.60. The highest BCUT2D eigenvalue weighted by atomic mass is 19.4. The summed E-state index contributed by atoms with van der Waals surface area (Å²) >= 11 is 0. The van der Waals surface area contributed by atoms with E-state index in [0.29, 0.717) is 32.0 Å². The first-order valence-corrected chi connectivity index (χ1v) is 15.5. The van der Waals surface area contributed by atoms with Gasteiger partial charge in [0.05, 0.1) is 24.8 Å². The number of nitrogens with zero attached hydrogens (tertiary/aromatic N) is 3. The van der Waals surface area contributed by atoms with E-state index in [1.807, 2.05) is 24.1 Å². The quantitative estimate of drug-likeness (QED) is 0.288. The lowest BCUT2D eigenvalue weighted by Gasteiger charge is -2.30. The largest absolute Gasteiger partial charge is 0.405 e. The van der Waals surface area contributed by atoms with E-state index in [1.165, 1.54) is 18.3 Å². The maximum absolute atomic E-state index is 15.6. The second-order valence-electron chi connectivity index (χ2n) is 12.5. The van der Waals surface area contributed by atoms with Gasteiger partial charge in [0.15, 0.2) is 0 Å². The van der Waals surface area contributed by atoms with E-state index >= 15 is 4.39 Å². The van der Waals surface area contributed by atoms with Gasteiger partial charge < -0.3 is 20.7 Å². The molecule has 1 saturated heterocycles. The highest BCUT2D eigenvalue weighted by molar-refractivity contribution is 6.01. The summed E-state index contributed by atoms with van der Waals surface area (Å²) in [7, 11) is 0. The van der Waals surface area contributed by atoms with Gasteiger partial charge in [-0.15, -0.1) is 0 Å². The van der Waals surface area contributed by atoms with E-state index in [4.69, 9.17) is 4.74 Å². The zero-order valence-corrected chi connectivity index (χ0v) is 25.4. The number of nitrogens with one attached hydrogen (secondary N) is 3. The van der Waals surface area contributed by atoms with Gasteiger partial charge in [0, 0.05) is 31.9 Å². The van der Waals surface area contributed by atoms with Crippen LogP contribution in [0.15, 0.2) is 30.5 Å². The van der Waals surface area contributed by atoms with E-state index < -0.39 is 48.2 Å². The fraction of sp³-hybridized carbons (Fsp3) is 0.613.